The first-order chi connectivity index (χ1) is 9.22. The fraction of sp³-hybridized carbons (Fsp3) is 0. The van der Waals surface area contributed by atoms with Crippen molar-refractivity contribution >= 4 is 34.5 Å². The van der Waals surface area contributed by atoms with Crippen LogP contribution in [0.1, 0.15) is 0 Å². The fourth-order valence-corrected chi connectivity index (χ4v) is 2.65. The van der Waals surface area contributed by atoms with Gasteiger partial charge >= 0.3 is 0 Å². The summed E-state index contributed by atoms with van der Waals surface area (Å²) in [6.45, 7) is 0. The van der Waals surface area contributed by atoms with Gasteiger partial charge in [-0.15, -0.1) is 11.3 Å². The molecule has 2 aromatic heterocycles. The second-order valence-electron chi connectivity index (χ2n) is 3.89. The zero-order valence-corrected chi connectivity index (χ0v) is 12.0. The van der Waals surface area contributed by atoms with E-state index < -0.39 is 0 Å². The molecule has 0 saturated heterocycles. The van der Waals surface area contributed by atoms with Crippen molar-refractivity contribution in [2.24, 2.45) is 0 Å². The Kier molecular flexibility index (Phi) is 3.51. The van der Waals surface area contributed by atoms with E-state index in [2.05, 4.69) is 34.2 Å². The number of hydrogen-bond donors (Lipinski definition) is 0. The molecule has 5 heteroatoms. The summed E-state index contributed by atoms with van der Waals surface area (Å²) in [4.78, 5) is 9.08. The summed E-state index contributed by atoms with van der Waals surface area (Å²) in [5.41, 5.74) is 2.85. The van der Waals surface area contributed by atoms with Crippen LogP contribution in [0.15, 0.2) is 47.8 Å². The lowest BCUT2D eigenvalue weighted by atomic mass is 9.95. The Morgan fingerprint density at radius 3 is 1.79 bits per heavy atom. The maximum Gasteiger partial charge on any atom is 0.172 e. The van der Waals surface area contributed by atoms with Gasteiger partial charge in [0.25, 0.3) is 0 Å². The summed E-state index contributed by atoms with van der Waals surface area (Å²) < 4.78 is 0. The van der Waals surface area contributed by atoms with Gasteiger partial charge in [-0.25, -0.2) is 9.97 Å². The molecule has 0 aromatic carbocycles. The molecule has 0 saturated carbocycles. The van der Waals surface area contributed by atoms with Gasteiger partial charge in [-0.3, -0.25) is 0 Å². The molecule has 2 heterocycles. The number of aromatic nitrogens is 2. The maximum atomic E-state index is 5.74. The first-order valence-corrected chi connectivity index (χ1v) is 7.20. The Bertz CT molecular complexity index is 653. The molecule has 2 aromatic rings. The zero-order chi connectivity index (χ0) is 13.2. The molecular weight excluding hydrogens is 299 g/mol. The van der Waals surface area contributed by atoms with Crippen molar-refractivity contribution < 1.29 is 0 Å². The molecule has 0 N–H and O–H groups in total. The molecular formula is C14H8Cl2N2S. The molecule has 0 radical (unpaired) electrons. The van der Waals surface area contributed by atoms with E-state index in [1.807, 2.05) is 17.5 Å². The number of nitrogens with zero attached hydrogens (tertiary/aromatic N) is 2. The minimum Gasteiger partial charge on any atom is -0.215 e. The highest BCUT2D eigenvalue weighted by Gasteiger charge is 2.05. The summed E-state index contributed by atoms with van der Waals surface area (Å²) in [6, 6.07) is 13.8. The van der Waals surface area contributed by atoms with E-state index in [-0.39, 0.29) is 0 Å². The molecule has 0 fully saturated rings. The van der Waals surface area contributed by atoms with Crippen LogP contribution in [0.5, 0.6) is 0 Å². The van der Waals surface area contributed by atoms with Gasteiger partial charge in [-0.2, -0.15) is 0 Å². The van der Waals surface area contributed by atoms with Crippen molar-refractivity contribution in [2.75, 3.05) is 0 Å². The van der Waals surface area contributed by atoms with Crippen LogP contribution < -0.4 is 0 Å². The van der Waals surface area contributed by atoms with E-state index in [9.17, 15) is 0 Å². The molecule has 0 bridgehead atoms. The predicted octanol–water partition coefficient (Wildman–Crippen LogP) is 5.18. The Morgan fingerprint density at radius 1 is 0.842 bits per heavy atom. The highest BCUT2D eigenvalue weighted by Crippen LogP contribution is 2.29. The summed E-state index contributed by atoms with van der Waals surface area (Å²) in [5.74, 6) is 0.576. The van der Waals surface area contributed by atoms with Crippen LogP contribution in [0.25, 0.3) is 21.8 Å². The van der Waals surface area contributed by atoms with E-state index in [4.69, 9.17) is 23.2 Å². The third kappa shape index (κ3) is 2.78. The van der Waals surface area contributed by atoms with Crippen LogP contribution in [0.2, 0.25) is 10.3 Å². The van der Waals surface area contributed by atoms with Gasteiger partial charge in [0.15, 0.2) is 5.82 Å². The molecule has 0 unspecified atom stereocenters. The summed E-state index contributed by atoms with van der Waals surface area (Å²) in [6.07, 6.45) is 0. The molecule has 2 aliphatic carbocycles. The van der Waals surface area contributed by atoms with Crippen molar-refractivity contribution in [3.63, 3.8) is 0 Å². The number of thiophene rings is 1. The standard InChI is InChI=1S/C8H4Cl2N2S.C6H4/c9-6-4-7(10)12-8(11-6)5-2-1-3-13-5;1-2-6-4-3-5(1)6/h1-4H;1-4H. The smallest absolute Gasteiger partial charge is 0.172 e. The van der Waals surface area contributed by atoms with Gasteiger partial charge < -0.3 is 0 Å². The van der Waals surface area contributed by atoms with Crippen LogP contribution in [0.3, 0.4) is 0 Å². The summed E-state index contributed by atoms with van der Waals surface area (Å²) in [5, 5.41) is 2.68. The third-order valence-electron chi connectivity index (χ3n) is 2.62. The highest BCUT2D eigenvalue weighted by molar-refractivity contribution is 7.13. The van der Waals surface area contributed by atoms with E-state index >= 15 is 0 Å². The third-order valence-corrected chi connectivity index (χ3v) is 3.88. The molecule has 2 aliphatic rings. The topological polar surface area (TPSA) is 25.8 Å². The Morgan fingerprint density at radius 2 is 1.42 bits per heavy atom. The van der Waals surface area contributed by atoms with Crippen molar-refractivity contribution in [3.05, 3.63) is 58.2 Å². The number of benzene rings is 1. The second-order valence-corrected chi connectivity index (χ2v) is 5.61. The first-order valence-electron chi connectivity index (χ1n) is 5.57. The molecule has 0 amide bonds. The minimum absolute atomic E-state index is 0.364. The number of fused-ring (bicyclic) bond motifs is 1. The molecule has 0 aliphatic heterocycles. The SMILES string of the molecule is Clc1cc(Cl)nc(-c2cccs2)n1.c1cc2ccc1-2. The van der Waals surface area contributed by atoms with Gasteiger partial charge in [0, 0.05) is 6.07 Å². The Balaban J connectivity index is 0.000000151. The largest absolute Gasteiger partial charge is 0.215 e. The van der Waals surface area contributed by atoms with E-state index in [1.54, 1.807) is 11.3 Å². The lowest BCUT2D eigenvalue weighted by Gasteiger charge is -2.10. The van der Waals surface area contributed by atoms with Crippen LogP contribution in [0, 0.1) is 0 Å². The van der Waals surface area contributed by atoms with Gasteiger partial charge in [0.2, 0.25) is 0 Å². The fourth-order valence-electron chi connectivity index (χ4n) is 1.57. The average molecular weight is 307 g/mol. The maximum absolute atomic E-state index is 5.74. The van der Waals surface area contributed by atoms with E-state index in [0.29, 0.717) is 16.1 Å². The Labute approximate surface area is 124 Å². The van der Waals surface area contributed by atoms with Gasteiger partial charge in [-0.1, -0.05) is 53.5 Å². The first kappa shape index (κ1) is 12.6. The van der Waals surface area contributed by atoms with Crippen LogP contribution in [-0.2, 0) is 0 Å². The predicted molar refractivity (Wildman–Crippen MR) is 80.8 cm³/mol. The highest BCUT2D eigenvalue weighted by atomic mass is 35.5. The number of hydrogen-bond acceptors (Lipinski definition) is 3. The summed E-state index contributed by atoms with van der Waals surface area (Å²) in [7, 11) is 0. The average Bonchev–Trinajstić information content (AvgIpc) is 2.87. The monoisotopic (exact) mass is 306 g/mol. The van der Waals surface area contributed by atoms with E-state index in [0.717, 1.165) is 4.88 Å². The quantitative estimate of drug-likeness (QED) is 0.453. The lowest BCUT2D eigenvalue weighted by Crippen LogP contribution is -1.87. The molecule has 4 rings (SSSR count). The van der Waals surface area contributed by atoms with Crippen molar-refractivity contribution in [1.82, 2.24) is 9.97 Å². The van der Waals surface area contributed by atoms with Gasteiger partial charge in [0.1, 0.15) is 10.3 Å². The Hall–Kier alpha value is -1.42. The van der Waals surface area contributed by atoms with Crippen molar-refractivity contribution in [1.29, 1.82) is 0 Å². The molecule has 19 heavy (non-hydrogen) atoms. The second kappa shape index (κ2) is 5.29. The van der Waals surface area contributed by atoms with Crippen LogP contribution in [0.4, 0.5) is 0 Å². The van der Waals surface area contributed by atoms with Crippen LogP contribution in [-0.4, -0.2) is 9.97 Å². The molecule has 2 nitrogen and oxygen atoms in total. The molecule has 0 atom stereocenters. The molecule has 94 valence electrons. The normalized spacial score (nSPS) is 10.6. The van der Waals surface area contributed by atoms with Crippen molar-refractivity contribution in [3.8, 4) is 21.8 Å². The summed E-state index contributed by atoms with van der Waals surface area (Å²) >= 11 is 13.0. The zero-order valence-electron chi connectivity index (χ0n) is 9.68. The lowest BCUT2D eigenvalue weighted by molar-refractivity contribution is 1.19. The molecule has 0 spiro atoms. The van der Waals surface area contributed by atoms with Crippen molar-refractivity contribution in [2.45, 2.75) is 0 Å². The number of rotatable bonds is 1. The van der Waals surface area contributed by atoms with Crippen LogP contribution >= 0.6 is 34.5 Å². The number of halogens is 2. The minimum atomic E-state index is 0.364. The van der Waals surface area contributed by atoms with Gasteiger partial charge in [-0.05, 0) is 22.6 Å². The van der Waals surface area contributed by atoms with Gasteiger partial charge in [0.05, 0.1) is 4.88 Å². The van der Waals surface area contributed by atoms with E-state index in [1.165, 1.54) is 17.2 Å².